The predicted octanol–water partition coefficient (Wildman–Crippen LogP) is 3.19. The average Bonchev–Trinajstić information content (AvgIpc) is 2.64. The highest BCUT2D eigenvalue weighted by Crippen LogP contribution is 2.18. The maximum absolute atomic E-state index is 2.75. The number of benzene rings is 1. The topological polar surface area (TPSA) is 9.72 Å². The molecule has 1 aromatic carbocycles. The Hall–Kier alpha value is -1.16. The summed E-state index contributed by atoms with van der Waals surface area (Å²) >= 11 is 0. The monoisotopic (exact) mass is 327 g/mol. The molecule has 2 aliphatic heterocycles. The van der Waals surface area contributed by atoms with E-state index in [2.05, 4.69) is 64.1 Å². The van der Waals surface area contributed by atoms with Gasteiger partial charge in [-0.15, -0.1) is 0 Å². The summed E-state index contributed by atoms with van der Waals surface area (Å²) in [6.07, 6.45) is 8.59. The fourth-order valence-corrected chi connectivity index (χ4v) is 4.04. The van der Waals surface area contributed by atoms with Crippen LogP contribution in [0.5, 0.6) is 0 Å². The van der Waals surface area contributed by atoms with Gasteiger partial charge in [0.15, 0.2) is 0 Å². The molecule has 0 amide bonds. The maximum Gasteiger partial charge on any atom is 0.0167 e. The van der Waals surface area contributed by atoms with Crippen LogP contribution < -0.4 is 0 Å². The molecule has 0 bridgehead atoms. The highest BCUT2D eigenvalue weighted by atomic mass is 15.3. The van der Waals surface area contributed by atoms with Crippen LogP contribution in [0.3, 0.4) is 0 Å². The van der Waals surface area contributed by atoms with Crippen LogP contribution in [0.25, 0.3) is 6.08 Å². The highest BCUT2D eigenvalue weighted by molar-refractivity contribution is 5.48. The Labute approximate surface area is 147 Å². The van der Waals surface area contributed by atoms with Crippen molar-refractivity contribution in [2.45, 2.75) is 32.2 Å². The van der Waals surface area contributed by atoms with E-state index in [0.29, 0.717) is 0 Å². The summed E-state index contributed by atoms with van der Waals surface area (Å²) in [5.74, 6) is 0. The van der Waals surface area contributed by atoms with Gasteiger partial charge < -0.3 is 4.90 Å². The lowest BCUT2D eigenvalue weighted by molar-refractivity contribution is 0.0633. The summed E-state index contributed by atoms with van der Waals surface area (Å²) in [6, 6.07) is 11.4. The summed E-state index contributed by atoms with van der Waals surface area (Å²) in [7, 11) is 0. The van der Waals surface area contributed by atoms with E-state index in [4.69, 9.17) is 0 Å². The first-order valence-electron chi connectivity index (χ1n) is 9.75. The number of hydrogen-bond acceptors (Lipinski definition) is 3. The van der Waals surface area contributed by atoms with E-state index in [1.54, 1.807) is 0 Å². The highest BCUT2D eigenvalue weighted by Gasteiger charge is 2.26. The number of nitrogens with zero attached hydrogens (tertiary/aromatic N) is 3. The lowest BCUT2D eigenvalue weighted by atomic mass is 10.0. The number of piperazine rings is 1. The molecule has 3 nitrogen and oxygen atoms in total. The molecule has 132 valence electrons. The number of piperidine rings is 1. The molecule has 0 N–H and O–H groups in total. The van der Waals surface area contributed by atoms with Crippen LogP contribution >= 0.6 is 0 Å². The lowest BCUT2D eigenvalue weighted by Gasteiger charge is -2.42. The van der Waals surface area contributed by atoms with Gasteiger partial charge in [0.05, 0.1) is 0 Å². The lowest BCUT2D eigenvalue weighted by Crippen LogP contribution is -2.53. The second-order valence-corrected chi connectivity index (χ2v) is 7.22. The number of likely N-dealkylation sites (tertiary alicyclic amines) is 1. The fraction of sp³-hybridized carbons (Fsp3) is 0.619. The zero-order chi connectivity index (χ0) is 16.6. The van der Waals surface area contributed by atoms with E-state index < -0.39 is 0 Å². The maximum atomic E-state index is 2.75. The van der Waals surface area contributed by atoms with Crippen LogP contribution in [0.15, 0.2) is 36.4 Å². The van der Waals surface area contributed by atoms with Crippen molar-refractivity contribution in [3.63, 3.8) is 0 Å². The zero-order valence-corrected chi connectivity index (χ0v) is 15.2. The van der Waals surface area contributed by atoms with Crippen LogP contribution in [0, 0.1) is 0 Å². The second-order valence-electron chi connectivity index (χ2n) is 7.22. The van der Waals surface area contributed by atoms with Crippen LogP contribution in [-0.2, 0) is 0 Å². The SMILES string of the molecule is CCCN1CCC(N2CCN(CC=Cc3ccccc3)CC2)CC1. The standard InChI is InChI=1S/C21H33N3/c1-2-12-22-14-10-21(11-15-22)24-18-16-23(17-19-24)13-6-9-20-7-4-3-5-8-20/h3-9,21H,2,10-19H2,1H3. The molecule has 2 aliphatic rings. The minimum atomic E-state index is 0.833. The first kappa shape index (κ1) is 17.7. The smallest absolute Gasteiger partial charge is 0.0167 e. The van der Waals surface area contributed by atoms with Crippen molar-refractivity contribution in [3.05, 3.63) is 42.0 Å². The average molecular weight is 328 g/mol. The van der Waals surface area contributed by atoms with Gasteiger partial charge in [-0.05, 0) is 44.5 Å². The second kappa shape index (κ2) is 9.36. The first-order chi connectivity index (χ1) is 11.8. The Morgan fingerprint density at radius 3 is 2.29 bits per heavy atom. The van der Waals surface area contributed by atoms with Crippen LogP contribution in [0.4, 0.5) is 0 Å². The van der Waals surface area contributed by atoms with Gasteiger partial charge in [0.2, 0.25) is 0 Å². The normalized spacial score (nSPS) is 22.4. The van der Waals surface area contributed by atoms with Crippen molar-refractivity contribution in [3.8, 4) is 0 Å². The van der Waals surface area contributed by atoms with Gasteiger partial charge in [0, 0.05) is 38.8 Å². The third kappa shape index (κ3) is 5.17. The minimum Gasteiger partial charge on any atom is -0.303 e. The van der Waals surface area contributed by atoms with E-state index in [9.17, 15) is 0 Å². The van der Waals surface area contributed by atoms with Crippen molar-refractivity contribution in [2.24, 2.45) is 0 Å². The molecule has 0 radical (unpaired) electrons. The zero-order valence-electron chi connectivity index (χ0n) is 15.2. The van der Waals surface area contributed by atoms with Gasteiger partial charge >= 0.3 is 0 Å². The molecule has 1 aromatic rings. The molecule has 2 saturated heterocycles. The van der Waals surface area contributed by atoms with Gasteiger partial charge in [-0.3, -0.25) is 9.80 Å². The first-order valence-corrected chi connectivity index (χ1v) is 9.75. The molecule has 2 heterocycles. The molecule has 0 spiro atoms. The Bertz CT molecular complexity index is 483. The molecule has 0 aliphatic carbocycles. The third-order valence-corrected chi connectivity index (χ3v) is 5.49. The van der Waals surface area contributed by atoms with E-state index in [0.717, 1.165) is 12.6 Å². The van der Waals surface area contributed by atoms with Crippen molar-refractivity contribution in [1.29, 1.82) is 0 Å². The number of hydrogen-bond donors (Lipinski definition) is 0. The van der Waals surface area contributed by atoms with Gasteiger partial charge in [0.1, 0.15) is 0 Å². The fourth-order valence-electron chi connectivity index (χ4n) is 4.04. The molecule has 3 heteroatoms. The van der Waals surface area contributed by atoms with E-state index in [1.165, 1.54) is 70.6 Å². The minimum absolute atomic E-state index is 0.833. The summed E-state index contributed by atoms with van der Waals surface area (Å²) < 4.78 is 0. The molecule has 2 fully saturated rings. The van der Waals surface area contributed by atoms with Crippen molar-refractivity contribution < 1.29 is 0 Å². The Morgan fingerprint density at radius 1 is 0.917 bits per heavy atom. The Kier molecular flexibility index (Phi) is 6.88. The molecular formula is C21H33N3. The Morgan fingerprint density at radius 2 is 1.62 bits per heavy atom. The van der Waals surface area contributed by atoms with Crippen molar-refractivity contribution in [2.75, 3.05) is 52.4 Å². The summed E-state index contributed by atoms with van der Waals surface area (Å²) in [5, 5.41) is 0. The third-order valence-electron chi connectivity index (χ3n) is 5.49. The van der Waals surface area contributed by atoms with Crippen LogP contribution in [0.1, 0.15) is 31.7 Å². The van der Waals surface area contributed by atoms with Gasteiger partial charge in [-0.25, -0.2) is 0 Å². The quantitative estimate of drug-likeness (QED) is 0.794. The van der Waals surface area contributed by atoms with E-state index in [1.807, 2.05) is 0 Å². The van der Waals surface area contributed by atoms with Crippen molar-refractivity contribution >= 4 is 6.08 Å². The molecular weight excluding hydrogens is 294 g/mol. The molecule has 0 saturated carbocycles. The Balaban J connectivity index is 1.36. The molecule has 0 unspecified atom stereocenters. The largest absolute Gasteiger partial charge is 0.303 e. The molecule has 0 atom stereocenters. The van der Waals surface area contributed by atoms with Crippen LogP contribution in [-0.4, -0.2) is 73.1 Å². The van der Waals surface area contributed by atoms with E-state index in [-0.39, 0.29) is 0 Å². The van der Waals surface area contributed by atoms with Gasteiger partial charge in [0.25, 0.3) is 0 Å². The molecule has 3 rings (SSSR count). The molecule has 0 aromatic heterocycles. The van der Waals surface area contributed by atoms with Gasteiger partial charge in [-0.1, -0.05) is 49.4 Å². The summed E-state index contributed by atoms with van der Waals surface area (Å²) in [4.78, 5) is 7.98. The van der Waals surface area contributed by atoms with Gasteiger partial charge in [-0.2, -0.15) is 0 Å². The van der Waals surface area contributed by atoms with E-state index >= 15 is 0 Å². The summed E-state index contributed by atoms with van der Waals surface area (Å²) in [6.45, 7) is 12.2. The predicted molar refractivity (Wildman–Crippen MR) is 103 cm³/mol. The number of rotatable bonds is 6. The van der Waals surface area contributed by atoms with Crippen LogP contribution in [0.2, 0.25) is 0 Å². The van der Waals surface area contributed by atoms with Crippen molar-refractivity contribution in [1.82, 2.24) is 14.7 Å². The summed E-state index contributed by atoms with van der Waals surface area (Å²) in [5.41, 5.74) is 1.30. The molecule has 24 heavy (non-hydrogen) atoms.